The van der Waals surface area contributed by atoms with Crippen molar-refractivity contribution < 1.29 is 4.74 Å². The topological polar surface area (TPSA) is 74.4 Å². The van der Waals surface area contributed by atoms with Gasteiger partial charge in [-0.2, -0.15) is 5.26 Å². The fourth-order valence-electron chi connectivity index (χ4n) is 3.52. The molecular weight excluding hydrogens is 418 g/mol. The van der Waals surface area contributed by atoms with Crippen LogP contribution in [-0.4, -0.2) is 22.0 Å². The molecule has 0 radical (unpaired) electrons. The van der Waals surface area contributed by atoms with Crippen LogP contribution in [0, 0.1) is 11.3 Å². The van der Waals surface area contributed by atoms with E-state index in [1.165, 1.54) is 0 Å². The van der Waals surface area contributed by atoms with Gasteiger partial charge in [0.1, 0.15) is 6.61 Å². The number of nitriles is 1. The number of hydrogen-bond donors (Lipinski definition) is 0. The lowest BCUT2D eigenvalue weighted by Crippen LogP contribution is -2.42. The minimum absolute atomic E-state index is 0.180. The molecule has 0 amide bonds. The van der Waals surface area contributed by atoms with Gasteiger partial charge in [-0.3, -0.25) is 9.88 Å². The minimum atomic E-state index is -0.180. The number of aromatic nitrogens is 2. The quantitative estimate of drug-likeness (QED) is 0.409. The highest BCUT2D eigenvalue weighted by Crippen LogP contribution is 2.32. The van der Waals surface area contributed by atoms with Crippen molar-refractivity contribution in [3.63, 3.8) is 0 Å². The second-order valence-electron chi connectivity index (χ2n) is 7.24. The van der Waals surface area contributed by atoms with Gasteiger partial charge >= 0.3 is 0 Å². The van der Waals surface area contributed by atoms with Gasteiger partial charge in [0.15, 0.2) is 5.13 Å². The normalized spacial score (nSPS) is 15.4. The number of benzene rings is 2. The molecule has 156 valence electrons. The van der Waals surface area contributed by atoms with Gasteiger partial charge in [-0.05, 0) is 41.0 Å². The molecule has 0 spiro atoms. The summed E-state index contributed by atoms with van der Waals surface area (Å²) in [6, 6.07) is 22.7. The van der Waals surface area contributed by atoms with E-state index in [0.717, 1.165) is 32.0 Å². The largest absolute Gasteiger partial charge is 0.460 e. The Hall–Kier alpha value is -4.02. The monoisotopic (exact) mass is 437 g/mol. The summed E-state index contributed by atoms with van der Waals surface area (Å²) in [5.74, 6) is 0. The Morgan fingerprint density at radius 3 is 2.69 bits per heavy atom. The van der Waals surface area contributed by atoms with Gasteiger partial charge in [0.2, 0.25) is 0 Å². The van der Waals surface area contributed by atoms with E-state index in [9.17, 15) is 5.26 Å². The minimum Gasteiger partial charge on any atom is -0.460 e. The Balaban J connectivity index is 1.37. The predicted octanol–water partition coefficient (Wildman–Crippen LogP) is 5.55. The van der Waals surface area contributed by atoms with Crippen LogP contribution in [0.15, 0.2) is 90.3 Å². The van der Waals surface area contributed by atoms with E-state index in [1.807, 2.05) is 65.7 Å². The van der Waals surface area contributed by atoms with Gasteiger partial charge in [0.05, 0.1) is 28.7 Å². The molecule has 7 heteroatoms. The molecular formula is C25H19N5OS. The number of aliphatic imine (C=N–C) groups is 1. The van der Waals surface area contributed by atoms with Crippen LogP contribution in [0.1, 0.15) is 12.0 Å². The van der Waals surface area contributed by atoms with E-state index in [1.54, 1.807) is 23.7 Å². The number of pyridine rings is 1. The zero-order valence-corrected chi connectivity index (χ0v) is 17.9. The maximum atomic E-state index is 9.32. The highest BCUT2D eigenvalue weighted by molar-refractivity contribution is 7.22. The summed E-state index contributed by atoms with van der Waals surface area (Å²) in [6.45, 7) is 0.362. The number of hydrogen-bond acceptors (Lipinski definition) is 7. The summed E-state index contributed by atoms with van der Waals surface area (Å²) in [7, 11) is 0. The maximum Gasteiger partial charge on any atom is 0.299 e. The maximum absolute atomic E-state index is 9.32. The molecule has 4 aromatic rings. The smallest absolute Gasteiger partial charge is 0.299 e. The first-order valence-electron chi connectivity index (χ1n) is 10.2. The Morgan fingerprint density at radius 2 is 1.91 bits per heavy atom. The van der Waals surface area contributed by atoms with E-state index < -0.39 is 0 Å². The molecule has 1 unspecified atom stereocenters. The van der Waals surface area contributed by atoms with Crippen LogP contribution in [0.5, 0.6) is 0 Å². The number of para-hydroxylation sites is 1. The average molecular weight is 438 g/mol. The summed E-state index contributed by atoms with van der Waals surface area (Å²) in [5.41, 5.74) is 4.12. The fourth-order valence-corrected chi connectivity index (χ4v) is 4.53. The molecule has 0 fully saturated rings. The van der Waals surface area contributed by atoms with Crippen molar-refractivity contribution in [2.24, 2.45) is 4.99 Å². The van der Waals surface area contributed by atoms with Gasteiger partial charge in [0, 0.05) is 18.6 Å². The SMILES string of the molecule is N#CCC1C=CN=C(OCc2ccc(-c3cccnc3)cc2)N1c1nc2ccccc2s1. The molecule has 32 heavy (non-hydrogen) atoms. The molecule has 3 heterocycles. The summed E-state index contributed by atoms with van der Waals surface area (Å²) in [5, 5.41) is 10.1. The second-order valence-corrected chi connectivity index (χ2v) is 8.25. The molecule has 5 rings (SSSR count). The predicted molar refractivity (Wildman–Crippen MR) is 127 cm³/mol. The van der Waals surface area contributed by atoms with E-state index in [2.05, 4.69) is 28.2 Å². The Morgan fingerprint density at radius 1 is 1.03 bits per heavy atom. The van der Waals surface area contributed by atoms with Gasteiger partial charge in [-0.15, -0.1) is 0 Å². The first-order valence-corrected chi connectivity index (χ1v) is 11.0. The highest BCUT2D eigenvalue weighted by atomic mass is 32.1. The molecule has 0 aliphatic carbocycles. The van der Waals surface area contributed by atoms with E-state index >= 15 is 0 Å². The van der Waals surface area contributed by atoms with E-state index in [-0.39, 0.29) is 6.04 Å². The molecule has 1 aliphatic rings. The van der Waals surface area contributed by atoms with Crippen LogP contribution < -0.4 is 4.90 Å². The molecule has 0 saturated heterocycles. The first-order chi connectivity index (χ1) is 15.8. The van der Waals surface area contributed by atoms with Crippen molar-refractivity contribution in [1.82, 2.24) is 9.97 Å². The highest BCUT2D eigenvalue weighted by Gasteiger charge is 2.28. The third kappa shape index (κ3) is 4.09. The Kier molecular flexibility index (Phi) is 5.60. The zero-order valence-electron chi connectivity index (χ0n) is 17.1. The van der Waals surface area contributed by atoms with Crippen molar-refractivity contribution in [2.45, 2.75) is 19.1 Å². The molecule has 1 aliphatic heterocycles. The molecule has 1 atom stereocenters. The van der Waals surface area contributed by atoms with Gasteiger partial charge in [0.25, 0.3) is 6.02 Å². The van der Waals surface area contributed by atoms with Crippen molar-refractivity contribution in [1.29, 1.82) is 5.26 Å². The van der Waals surface area contributed by atoms with Crippen LogP contribution in [0.3, 0.4) is 0 Å². The number of thiazole rings is 1. The molecule has 2 aromatic carbocycles. The number of ether oxygens (including phenoxy) is 1. The summed E-state index contributed by atoms with van der Waals surface area (Å²) in [4.78, 5) is 15.3. The van der Waals surface area contributed by atoms with Gasteiger partial charge in [-0.1, -0.05) is 53.8 Å². The second kappa shape index (κ2) is 9.00. The average Bonchev–Trinajstić information content (AvgIpc) is 3.28. The lowest BCUT2D eigenvalue weighted by atomic mass is 10.1. The van der Waals surface area contributed by atoms with Crippen LogP contribution in [0.2, 0.25) is 0 Å². The number of anilines is 1. The molecule has 6 nitrogen and oxygen atoms in total. The first kappa shape index (κ1) is 19.9. The van der Waals surface area contributed by atoms with Gasteiger partial charge < -0.3 is 4.74 Å². The Bertz CT molecular complexity index is 1290. The van der Waals surface area contributed by atoms with Crippen LogP contribution in [0.25, 0.3) is 21.3 Å². The van der Waals surface area contributed by atoms with Gasteiger partial charge in [-0.25, -0.2) is 9.98 Å². The van der Waals surface area contributed by atoms with Crippen LogP contribution >= 0.6 is 11.3 Å². The molecule has 0 bridgehead atoms. The van der Waals surface area contributed by atoms with Crippen molar-refractivity contribution >= 4 is 32.7 Å². The van der Waals surface area contributed by atoms with Crippen molar-refractivity contribution in [3.8, 4) is 17.2 Å². The molecule has 0 N–H and O–H groups in total. The summed E-state index contributed by atoms with van der Waals surface area (Å²) >= 11 is 1.56. The third-order valence-electron chi connectivity index (χ3n) is 5.14. The van der Waals surface area contributed by atoms with E-state index in [4.69, 9.17) is 9.72 Å². The van der Waals surface area contributed by atoms with Crippen LogP contribution in [0.4, 0.5) is 5.13 Å². The standard InChI is InChI=1S/C25H19N5OS/c26-13-11-21-12-15-28-24(30(21)25-29-22-5-1-2-6-23(22)32-25)31-17-18-7-9-19(10-8-18)20-4-3-14-27-16-20/h1-10,12,14-16,21H,11,17H2. The third-order valence-corrected chi connectivity index (χ3v) is 6.17. The number of rotatable bonds is 5. The lowest BCUT2D eigenvalue weighted by molar-refractivity contribution is 0.281. The number of amidine groups is 1. The Labute approximate surface area is 189 Å². The molecule has 2 aromatic heterocycles. The number of fused-ring (bicyclic) bond motifs is 1. The molecule has 0 saturated carbocycles. The summed E-state index contributed by atoms with van der Waals surface area (Å²) < 4.78 is 7.21. The lowest BCUT2D eigenvalue weighted by Gasteiger charge is -2.30. The summed E-state index contributed by atoms with van der Waals surface area (Å²) in [6.07, 6.45) is 7.54. The fraction of sp³-hybridized carbons (Fsp3) is 0.120. The zero-order chi connectivity index (χ0) is 21.8. The number of nitrogens with zero attached hydrogens (tertiary/aromatic N) is 5. The van der Waals surface area contributed by atoms with Crippen LogP contribution in [-0.2, 0) is 11.3 Å². The van der Waals surface area contributed by atoms with E-state index in [0.29, 0.717) is 19.0 Å². The van der Waals surface area contributed by atoms with Crippen molar-refractivity contribution in [2.75, 3.05) is 4.90 Å². The van der Waals surface area contributed by atoms with Crippen molar-refractivity contribution in [3.05, 3.63) is 90.9 Å².